The Labute approximate surface area is 146 Å². The number of carbonyl (C=O) groups is 1. The van der Waals surface area contributed by atoms with Crippen LogP contribution in [-0.2, 0) is 20.8 Å². The highest BCUT2D eigenvalue weighted by molar-refractivity contribution is 5.87. The maximum absolute atomic E-state index is 12.0. The molecule has 0 aliphatic rings. The SMILES string of the molecule is CC(C)(C)OC(=O)c1oc(=O)oc1CCCC(CO[N+](=O)[O-])O[N+](=O)[O-]. The lowest BCUT2D eigenvalue weighted by Crippen LogP contribution is -2.25. The Kier molecular flexibility index (Phi) is 7.10. The molecule has 1 aromatic heterocycles. The summed E-state index contributed by atoms with van der Waals surface area (Å²) >= 11 is 0. The monoisotopic (exact) mass is 378 g/mol. The highest BCUT2D eigenvalue weighted by Gasteiger charge is 2.26. The number of hydrogen-bond donors (Lipinski definition) is 0. The van der Waals surface area contributed by atoms with Crippen LogP contribution in [0.5, 0.6) is 0 Å². The van der Waals surface area contributed by atoms with Gasteiger partial charge in [0, 0.05) is 6.42 Å². The largest absolute Gasteiger partial charge is 0.519 e. The fourth-order valence-corrected chi connectivity index (χ4v) is 1.87. The van der Waals surface area contributed by atoms with Crippen molar-refractivity contribution in [3.05, 3.63) is 42.4 Å². The summed E-state index contributed by atoms with van der Waals surface area (Å²) in [6.07, 6.45) is -1.15. The summed E-state index contributed by atoms with van der Waals surface area (Å²) in [5, 5.41) is 18.4. The van der Waals surface area contributed by atoms with Crippen molar-refractivity contribution >= 4 is 5.97 Å². The van der Waals surface area contributed by atoms with Crippen molar-refractivity contribution in [1.29, 1.82) is 0 Å². The van der Waals surface area contributed by atoms with Crippen molar-refractivity contribution in [2.45, 2.75) is 51.7 Å². The maximum atomic E-state index is 12.0. The first kappa shape index (κ1) is 20.9. The third-order valence-electron chi connectivity index (χ3n) is 2.76. The van der Waals surface area contributed by atoms with Gasteiger partial charge in [0.1, 0.15) is 18.3 Å². The van der Waals surface area contributed by atoms with Gasteiger partial charge in [-0.2, -0.15) is 0 Å². The Morgan fingerprint density at radius 3 is 2.38 bits per heavy atom. The van der Waals surface area contributed by atoms with Crippen molar-refractivity contribution in [2.24, 2.45) is 0 Å². The molecular formula is C13H18N2O11. The molecule has 0 spiro atoms. The summed E-state index contributed by atoms with van der Waals surface area (Å²) in [7, 11) is 0. The third-order valence-corrected chi connectivity index (χ3v) is 2.76. The fraction of sp³-hybridized carbons (Fsp3) is 0.692. The van der Waals surface area contributed by atoms with Crippen LogP contribution in [0, 0.1) is 20.2 Å². The van der Waals surface area contributed by atoms with E-state index in [-0.39, 0.29) is 25.0 Å². The summed E-state index contributed by atoms with van der Waals surface area (Å²) in [5.74, 6) is -2.50. The van der Waals surface area contributed by atoms with E-state index in [4.69, 9.17) is 9.15 Å². The number of aryl methyl sites for hydroxylation is 1. The lowest BCUT2D eigenvalue weighted by molar-refractivity contribution is -0.790. The van der Waals surface area contributed by atoms with Gasteiger partial charge in [-0.1, -0.05) is 0 Å². The molecule has 1 rings (SSSR count). The highest BCUT2D eigenvalue weighted by atomic mass is 17.0. The molecule has 0 N–H and O–H groups in total. The van der Waals surface area contributed by atoms with E-state index < -0.39 is 46.0 Å². The van der Waals surface area contributed by atoms with E-state index in [0.717, 1.165) is 0 Å². The number of nitrogens with zero attached hydrogens (tertiary/aromatic N) is 2. The van der Waals surface area contributed by atoms with Gasteiger partial charge in [-0.15, -0.1) is 20.2 Å². The summed E-state index contributed by atoms with van der Waals surface area (Å²) in [4.78, 5) is 52.1. The van der Waals surface area contributed by atoms with Crippen LogP contribution in [0.4, 0.5) is 0 Å². The molecular weight excluding hydrogens is 360 g/mol. The molecule has 146 valence electrons. The van der Waals surface area contributed by atoms with E-state index in [1.165, 1.54) is 0 Å². The van der Waals surface area contributed by atoms with Crippen LogP contribution in [0.3, 0.4) is 0 Å². The van der Waals surface area contributed by atoms with Crippen LogP contribution >= 0.6 is 0 Å². The van der Waals surface area contributed by atoms with Gasteiger partial charge in [-0.05, 0) is 33.6 Å². The highest BCUT2D eigenvalue weighted by Crippen LogP contribution is 2.17. The molecule has 13 heteroatoms. The first-order valence-corrected chi connectivity index (χ1v) is 7.42. The van der Waals surface area contributed by atoms with Gasteiger partial charge >= 0.3 is 11.8 Å². The van der Waals surface area contributed by atoms with E-state index in [2.05, 4.69) is 14.1 Å². The van der Waals surface area contributed by atoms with E-state index >= 15 is 0 Å². The third kappa shape index (κ3) is 7.63. The predicted molar refractivity (Wildman–Crippen MR) is 80.2 cm³/mol. The summed E-state index contributed by atoms with van der Waals surface area (Å²) in [5.41, 5.74) is -0.825. The molecule has 1 aromatic rings. The van der Waals surface area contributed by atoms with Crippen molar-refractivity contribution in [2.75, 3.05) is 6.61 Å². The van der Waals surface area contributed by atoms with Crippen LogP contribution in [0.25, 0.3) is 0 Å². The number of hydrogen-bond acceptors (Lipinski definition) is 11. The zero-order valence-corrected chi connectivity index (χ0v) is 14.3. The zero-order valence-electron chi connectivity index (χ0n) is 14.3. The lowest BCUT2D eigenvalue weighted by Gasteiger charge is -2.18. The van der Waals surface area contributed by atoms with Gasteiger partial charge in [-0.3, -0.25) is 0 Å². The molecule has 0 bridgehead atoms. The van der Waals surface area contributed by atoms with E-state index in [1.54, 1.807) is 20.8 Å². The van der Waals surface area contributed by atoms with Crippen LogP contribution < -0.4 is 5.82 Å². The maximum Gasteiger partial charge on any atom is 0.519 e. The van der Waals surface area contributed by atoms with Crippen LogP contribution in [0.1, 0.15) is 49.9 Å². The van der Waals surface area contributed by atoms with Gasteiger partial charge in [0.15, 0.2) is 5.76 Å². The molecule has 0 radical (unpaired) electrons. The average molecular weight is 378 g/mol. The molecule has 13 nitrogen and oxygen atoms in total. The molecule has 0 aliphatic carbocycles. The molecule has 0 aromatic carbocycles. The molecule has 0 saturated carbocycles. The summed E-state index contributed by atoms with van der Waals surface area (Å²) in [6, 6.07) is 0. The molecule has 0 aliphatic heterocycles. The molecule has 1 unspecified atom stereocenters. The second-order valence-corrected chi connectivity index (χ2v) is 6.07. The Balaban J connectivity index is 2.70. The van der Waals surface area contributed by atoms with Crippen molar-refractivity contribution in [1.82, 2.24) is 0 Å². The second-order valence-electron chi connectivity index (χ2n) is 6.07. The standard InChI is InChI=1S/C13H18N2O11/c1-13(2,3)25-11(16)10-9(23-12(17)24-10)6-4-5-8(26-15(20)21)7-22-14(18)19/h8H,4-7H2,1-3H3. The van der Waals surface area contributed by atoms with Gasteiger partial charge in [0.2, 0.25) is 0 Å². The smallest absolute Gasteiger partial charge is 0.454 e. The Morgan fingerprint density at radius 1 is 1.19 bits per heavy atom. The predicted octanol–water partition coefficient (Wildman–Crippen LogP) is 1.30. The normalized spacial score (nSPS) is 12.3. The first-order valence-electron chi connectivity index (χ1n) is 7.42. The van der Waals surface area contributed by atoms with E-state index in [1.807, 2.05) is 0 Å². The molecule has 0 fully saturated rings. The van der Waals surface area contributed by atoms with Gasteiger partial charge in [0.25, 0.3) is 15.9 Å². The second kappa shape index (κ2) is 8.82. The summed E-state index contributed by atoms with van der Waals surface area (Å²) in [6.45, 7) is 4.22. The van der Waals surface area contributed by atoms with Gasteiger partial charge in [-0.25, -0.2) is 9.59 Å². The molecule has 1 heterocycles. The minimum absolute atomic E-state index is 0.0175. The van der Waals surface area contributed by atoms with Gasteiger partial charge < -0.3 is 23.2 Å². The first-order chi connectivity index (χ1) is 12.0. The average Bonchev–Trinajstić information content (AvgIpc) is 2.83. The van der Waals surface area contributed by atoms with Crippen molar-refractivity contribution in [3.63, 3.8) is 0 Å². The number of rotatable bonds is 10. The van der Waals surface area contributed by atoms with Crippen LogP contribution in [0.2, 0.25) is 0 Å². The van der Waals surface area contributed by atoms with Crippen LogP contribution in [0.15, 0.2) is 13.6 Å². The van der Waals surface area contributed by atoms with Gasteiger partial charge in [0.05, 0.1) is 0 Å². The molecule has 0 amide bonds. The van der Waals surface area contributed by atoms with E-state index in [9.17, 15) is 29.8 Å². The number of carbonyl (C=O) groups excluding carboxylic acids is 1. The Morgan fingerprint density at radius 2 is 1.85 bits per heavy atom. The molecule has 1 atom stereocenters. The summed E-state index contributed by atoms with van der Waals surface area (Å²) < 4.78 is 14.5. The minimum atomic E-state index is -1.21. The lowest BCUT2D eigenvalue weighted by atomic mass is 10.1. The van der Waals surface area contributed by atoms with Crippen molar-refractivity contribution < 1.29 is 38.2 Å². The Hall–Kier alpha value is -3.12. The quantitative estimate of drug-likeness (QED) is 0.326. The zero-order chi connectivity index (χ0) is 19.9. The minimum Gasteiger partial charge on any atom is -0.454 e. The molecule has 0 saturated heterocycles. The number of esters is 1. The molecule has 26 heavy (non-hydrogen) atoms. The topological polar surface area (TPSA) is 174 Å². The number of ether oxygens (including phenoxy) is 1. The Bertz CT molecular complexity index is 700. The van der Waals surface area contributed by atoms with E-state index in [0.29, 0.717) is 0 Å². The van der Waals surface area contributed by atoms with Crippen LogP contribution in [-0.4, -0.2) is 34.5 Å². The fourth-order valence-electron chi connectivity index (χ4n) is 1.87. The van der Waals surface area contributed by atoms with Crippen molar-refractivity contribution in [3.8, 4) is 0 Å².